The van der Waals surface area contributed by atoms with E-state index in [0.717, 1.165) is 0 Å². The third kappa shape index (κ3) is 4.21. The highest BCUT2D eigenvalue weighted by molar-refractivity contribution is 7.92. The zero-order valence-electron chi connectivity index (χ0n) is 17.1. The Kier molecular flexibility index (Phi) is 5.94. The quantitative estimate of drug-likeness (QED) is 0.352. The normalized spacial score (nSPS) is 11.8. The zero-order chi connectivity index (χ0) is 23.0. The number of benzene rings is 1. The van der Waals surface area contributed by atoms with Crippen LogP contribution in [-0.4, -0.2) is 29.2 Å². The van der Waals surface area contributed by atoms with E-state index in [1.54, 1.807) is 18.3 Å². The van der Waals surface area contributed by atoms with Gasteiger partial charge in [0, 0.05) is 34.6 Å². The van der Waals surface area contributed by atoms with Crippen LogP contribution in [0.25, 0.3) is 11.0 Å². The standard InChI is InChI=1S/C22H18Cl2N4O3S/c1-12(2)17-10-14(3-4-18(17)24)32(30,31)28-19-9-13(23)11-27-20(19)21(29)15-5-7-25-22-16(15)6-8-26-22/h3-12,28H,1-2H3,(H,25,26). The van der Waals surface area contributed by atoms with Crippen molar-refractivity contribution < 1.29 is 13.2 Å². The number of sulfonamides is 1. The number of aromatic nitrogens is 3. The second kappa shape index (κ2) is 8.54. The van der Waals surface area contributed by atoms with E-state index in [1.807, 2.05) is 13.8 Å². The molecule has 32 heavy (non-hydrogen) atoms. The number of nitrogens with zero attached hydrogens (tertiary/aromatic N) is 2. The van der Waals surface area contributed by atoms with Crippen molar-refractivity contribution in [3.05, 3.63) is 81.9 Å². The number of ketones is 1. The van der Waals surface area contributed by atoms with Crippen LogP contribution in [0.5, 0.6) is 0 Å². The molecular formula is C22H18Cl2N4O3S. The molecule has 0 saturated heterocycles. The first-order chi connectivity index (χ1) is 15.2. The number of aromatic amines is 1. The molecule has 164 valence electrons. The number of rotatable bonds is 6. The van der Waals surface area contributed by atoms with Crippen molar-refractivity contribution in [2.45, 2.75) is 24.7 Å². The molecule has 2 N–H and O–H groups in total. The van der Waals surface area contributed by atoms with Crippen molar-refractivity contribution in [2.75, 3.05) is 4.72 Å². The lowest BCUT2D eigenvalue weighted by Crippen LogP contribution is -2.17. The highest BCUT2D eigenvalue weighted by Crippen LogP contribution is 2.30. The molecule has 1 aromatic carbocycles. The average Bonchev–Trinajstić information content (AvgIpc) is 3.22. The fourth-order valence-electron chi connectivity index (χ4n) is 3.32. The molecule has 0 bridgehead atoms. The van der Waals surface area contributed by atoms with E-state index in [-0.39, 0.29) is 27.2 Å². The molecule has 0 amide bonds. The summed E-state index contributed by atoms with van der Waals surface area (Å²) in [4.78, 5) is 24.6. The Hall–Kier alpha value is -2.94. The molecule has 7 nitrogen and oxygen atoms in total. The largest absolute Gasteiger partial charge is 0.346 e. The zero-order valence-corrected chi connectivity index (χ0v) is 19.4. The van der Waals surface area contributed by atoms with Crippen LogP contribution in [0.2, 0.25) is 10.0 Å². The van der Waals surface area contributed by atoms with Gasteiger partial charge < -0.3 is 4.98 Å². The molecule has 0 radical (unpaired) electrons. The van der Waals surface area contributed by atoms with Gasteiger partial charge in [-0.05, 0) is 47.9 Å². The van der Waals surface area contributed by atoms with Gasteiger partial charge in [0.15, 0.2) is 0 Å². The molecule has 10 heteroatoms. The SMILES string of the molecule is CC(C)c1cc(S(=O)(=O)Nc2cc(Cl)cnc2C(=O)c2ccnc3[nH]ccc23)ccc1Cl. The predicted octanol–water partition coefficient (Wildman–Crippen LogP) is 5.42. The summed E-state index contributed by atoms with van der Waals surface area (Å²) < 4.78 is 28.7. The maximum atomic E-state index is 13.3. The monoisotopic (exact) mass is 488 g/mol. The van der Waals surface area contributed by atoms with E-state index in [0.29, 0.717) is 27.2 Å². The summed E-state index contributed by atoms with van der Waals surface area (Å²) in [5, 5.41) is 1.26. The number of carbonyl (C=O) groups excluding carboxylic acids is 1. The summed E-state index contributed by atoms with van der Waals surface area (Å²) in [6.45, 7) is 3.83. The molecule has 4 aromatic rings. The van der Waals surface area contributed by atoms with Crippen LogP contribution in [0.3, 0.4) is 0 Å². The molecule has 0 aliphatic heterocycles. The van der Waals surface area contributed by atoms with E-state index < -0.39 is 15.8 Å². The summed E-state index contributed by atoms with van der Waals surface area (Å²) in [5.74, 6) is -0.441. The minimum Gasteiger partial charge on any atom is -0.346 e. The van der Waals surface area contributed by atoms with E-state index in [4.69, 9.17) is 23.2 Å². The number of pyridine rings is 2. The first-order valence-electron chi connectivity index (χ1n) is 9.62. The van der Waals surface area contributed by atoms with Gasteiger partial charge in [-0.2, -0.15) is 0 Å². The summed E-state index contributed by atoms with van der Waals surface area (Å²) in [6, 6.07) is 9.09. The van der Waals surface area contributed by atoms with E-state index in [2.05, 4.69) is 19.7 Å². The van der Waals surface area contributed by atoms with Gasteiger partial charge >= 0.3 is 0 Å². The van der Waals surface area contributed by atoms with Gasteiger partial charge in [-0.1, -0.05) is 37.0 Å². The maximum Gasteiger partial charge on any atom is 0.261 e. The lowest BCUT2D eigenvalue weighted by Gasteiger charge is -2.14. The van der Waals surface area contributed by atoms with Gasteiger partial charge in [0.25, 0.3) is 10.0 Å². The number of fused-ring (bicyclic) bond motifs is 1. The van der Waals surface area contributed by atoms with Crippen LogP contribution in [0.1, 0.15) is 41.4 Å². The fraction of sp³-hybridized carbons (Fsp3) is 0.136. The van der Waals surface area contributed by atoms with Crippen molar-refractivity contribution >= 4 is 55.7 Å². The molecule has 4 rings (SSSR count). The van der Waals surface area contributed by atoms with Crippen molar-refractivity contribution in [2.24, 2.45) is 0 Å². The van der Waals surface area contributed by atoms with E-state index in [1.165, 1.54) is 36.7 Å². The van der Waals surface area contributed by atoms with Crippen LogP contribution in [0, 0.1) is 0 Å². The molecular weight excluding hydrogens is 471 g/mol. The lowest BCUT2D eigenvalue weighted by molar-refractivity contribution is 0.103. The van der Waals surface area contributed by atoms with Crippen molar-refractivity contribution in [3.63, 3.8) is 0 Å². The molecule has 0 aliphatic carbocycles. The Bertz CT molecular complexity index is 1450. The highest BCUT2D eigenvalue weighted by Gasteiger charge is 2.24. The lowest BCUT2D eigenvalue weighted by atomic mass is 10.0. The second-order valence-corrected chi connectivity index (χ2v) is 9.95. The second-order valence-electron chi connectivity index (χ2n) is 7.42. The number of H-pyrrole nitrogens is 1. The maximum absolute atomic E-state index is 13.3. The number of hydrogen-bond acceptors (Lipinski definition) is 5. The Morgan fingerprint density at radius 1 is 1.09 bits per heavy atom. The molecule has 0 spiro atoms. The third-order valence-electron chi connectivity index (χ3n) is 4.92. The number of hydrogen-bond donors (Lipinski definition) is 2. The molecule has 3 heterocycles. The smallest absolute Gasteiger partial charge is 0.261 e. The number of anilines is 1. The first kappa shape index (κ1) is 22.3. The average molecular weight is 489 g/mol. The van der Waals surface area contributed by atoms with Gasteiger partial charge in [0.05, 0.1) is 15.6 Å². The molecule has 0 saturated carbocycles. The summed E-state index contributed by atoms with van der Waals surface area (Å²) in [5.41, 5.74) is 1.46. The Labute approximate surface area is 194 Å². The van der Waals surface area contributed by atoms with Gasteiger partial charge in [0.2, 0.25) is 5.78 Å². The van der Waals surface area contributed by atoms with Crippen molar-refractivity contribution in [1.29, 1.82) is 0 Å². The Balaban J connectivity index is 1.77. The van der Waals surface area contributed by atoms with Gasteiger partial charge in [-0.3, -0.25) is 9.52 Å². The van der Waals surface area contributed by atoms with Gasteiger partial charge in [-0.25, -0.2) is 18.4 Å². The number of nitrogens with one attached hydrogen (secondary N) is 2. The molecule has 0 unspecified atom stereocenters. The predicted molar refractivity (Wildman–Crippen MR) is 125 cm³/mol. The van der Waals surface area contributed by atoms with Crippen molar-refractivity contribution in [3.8, 4) is 0 Å². The first-order valence-corrected chi connectivity index (χ1v) is 11.9. The van der Waals surface area contributed by atoms with Crippen LogP contribution < -0.4 is 4.72 Å². The van der Waals surface area contributed by atoms with Crippen LogP contribution in [-0.2, 0) is 10.0 Å². The topological polar surface area (TPSA) is 105 Å². The number of carbonyl (C=O) groups is 1. The molecule has 0 atom stereocenters. The third-order valence-corrected chi connectivity index (χ3v) is 6.83. The molecule has 0 aliphatic rings. The Morgan fingerprint density at radius 2 is 1.88 bits per heavy atom. The van der Waals surface area contributed by atoms with Crippen LogP contribution >= 0.6 is 23.2 Å². The summed E-state index contributed by atoms with van der Waals surface area (Å²) in [6.07, 6.45) is 4.45. The molecule has 0 fully saturated rings. The minimum atomic E-state index is -4.05. The van der Waals surface area contributed by atoms with E-state index >= 15 is 0 Å². The van der Waals surface area contributed by atoms with E-state index in [9.17, 15) is 13.2 Å². The van der Waals surface area contributed by atoms with Gasteiger partial charge in [-0.15, -0.1) is 0 Å². The van der Waals surface area contributed by atoms with Crippen molar-refractivity contribution in [1.82, 2.24) is 15.0 Å². The summed E-state index contributed by atoms with van der Waals surface area (Å²) >= 11 is 12.3. The fourth-order valence-corrected chi connectivity index (χ4v) is 4.91. The van der Waals surface area contributed by atoms with Crippen LogP contribution in [0.4, 0.5) is 5.69 Å². The Morgan fingerprint density at radius 3 is 2.62 bits per heavy atom. The summed E-state index contributed by atoms with van der Waals surface area (Å²) in [7, 11) is -4.05. The highest BCUT2D eigenvalue weighted by atomic mass is 35.5. The van der Waals surface area contributed by atoms with Crippen LogP contribution in [0.15, 0.2) is 59.9 Å². The number of halogens is 2. The van der Waals surface area contributed by atoms with Gasteiger partial charge in [0.1, 0.15) is 11.3 Å². The minimum absolute atomic E-state index is 0.0147. The molecule has 3 aromatic heterocycles.